The largest absolute Gasteiger partial charge is 0.352 e. The van der Waals surface area contributed by atoms with E-state index in [2.05, 4.69) is 54.8 Å². The molecule has 2 aromatic carbocycles. The molecule has 112 valence electrons. The molecule has 0 unspecified atom stereocenters. The highest BCUT2D eigenvalue weighted by molar-refractivity contribution is 5.85. The van der Waals surface area contributed by atoms with Crippen molar-refractivity contribution in [3.63, 3.8) is 0 Å². The molecular weight excluding hydrogens is 260 g/mol. The van der Waals surface area contributed by atoms with Gasteiger partial charge in [0.25, 0.3) is 0 Å². The lowest BCUT2D eigenvalue weighted by Crippen LogP contribution is -2.39. The Morgan fingerprint density at radius 1 is 1.05 bits per heavy atom. The Bertz CT molecular complexity index is 585. The number of hydrogen-bond acceptors (Lipinski definition) is 2. The SMILES string of the molecule is CCC(CC)NC(=O)CNCc1cccc2ccccc12. The van der Waals surface area contributed by atoms with Gasteiger partial charge in [-0.15, -0.1) is 0 Å². The quantitative estimate of drug-likeness (QED) is 0.819. The topological polar surface area (TPSA) is 41.1 Å². The number of carbonyl (C=O) groups is 1. The number of fused-ring (bicyclic) bond motifs is 1. The number of carbonyl (C=O) groups excluding carboxylic acids is 1. The average molecular weight is 284 g/mol. The number of hydrogen-bond donors (Lipinski definition) is 2. The summed E-state index contributed by atoms with van der Waals surface area (Å²) in [6.07, 6.45) is 1.96. The van der Waals surface area contributed by atoms with Gasteiger partial charge in [0, 0.05) is 12.6 Å². The second kappa shape index (κ2) is 7.79. The van der Waals surface area contributed by atoms with Crippen LogP contribution in [0.2, 0.25) is 0 Å². The molecule has 3 nitrogen and oxygen atoms in total. The molecule has 0 aliphatic rings. The second-order valence-corrected chi connectivity index (χ2v) is 5.32. The summed E-state index contributed by atoms with van der Waals surface area (Å²) in [4.78, 5) is 11.9. The van der Waals surface area contributed by atoms with Gasteiger partial charge in [-0.1, -0.05) is 56.3 Å². The molecule has 21 heavy (non-hydrogen) atoms. The third-order valence-corrected chi connectivity index (χ3v) is 3.83. The van der Waals surface area contributed by atoms with Gasteiger partial charge >= 0.3 is 0 Å². The van der Waals surface area contributed by atoms with Crippen molar-refractivity contribution >= 4 is 16.7 Å². The van der Waals surface area contributed by atoms with Crippen molar-refractivity contribution in [2.24, 2.45) is 0 Å². The fourth-order valence-electron chi connectivity index (χ4n) is 2.53. The smallest absolute Gasteiger partial charge is 0.234 e. The van der Waals surface area contributed by atoms with E-state index in [4.69, 9.17) is 0 Å². The summed E-state index contributed by atoms with van der Waals surface area (Å²) < 4.78 is 0. The number of rotatable bonds is 7. The minimum atomic E-state index is 0.0731. The Balaban J connectivity index is 1.89. The third kappa shape index (κ3) is 4.30. The van der Waals surface area contributed by atoms with Gasteiger partial charge in [-0.05, 0) is 29.2 Å². The minimum Gasteiger partial charge on any atom is -0.352 e. The van der Waals surface area contributed by atoms with E-state index in [1.807, 2.05) is 12.1 Å². The van der Waals surface area contributed by atoms with Crippen molar-refractivity contribution in [3.8, 4) is 0 Å². The van der Waals surface area contributed by atoms with Crippen LogP contribution < -0.4 is 10.6 Å². The standard InChI is InChI=1S/C18H24N2O/c1-3-16(4-2)20-18(21)13-19-12-15-10-7-9-14-8-5-6-11-17(14)15/h5-11,16,19H,3-4,12-13H2,1-2H3,(H,20,21). The predicted molar refractivity (Wildman–Crippen MR) is 88.2 cm³/mol. The molecule has 0 fully saturated rings. The Morgan fingerprint density at radius 3 is 2.52 bits per heavy atom. The number of amides is 1. The summed E-state index contributed by atoms with van der Waals surface area (Å²) in [5.41, 5.74) is 1.23. The molecule has 0 saturated heterocycles. The molecule has 0 heterocycles. The Morgan fingerprint density at radius 2 is 1.76 bits per heavy atom. The monoisotopic (exact) mass is 284 g/mol. The summed E-state index contributed by atoms with van der Waals surface area (Å²) >= 11 is 0. The van der Waals surface area contributed by atoms with E-state index < -0.39 is 0 Å². The van der Waals surface area contributed by atoms with Crippen LogP contribution >= 0.6 is 0 Å². The zero-order valence-corrected chi connectivity index (χ0v) is 12.9. The molecule has 2 aromatic rings. The summed E-state index contributed by atoms with van der Waals surface area (Å²) in [5.74, 6) is 0.0731. The second-order valence-electron chi connectivity index (χ2n) is 5.32. The first-order valence-corrected chi connectivity index (χ1v) is 7.71. The van der Waals surface area contributed by atoms with Gasteiger partial charge in [0.2, 0.25) is 5.91 Å². The first-order valence-electron chi connectivity index (χ1n) is 7.71. The van der Waals surface area contributed by atoms with E-state index in [-0.39, 0.29) is 11.9 Å². The zero-order chi connectivity index (χ0) is 15.1. The van der Waals surface area contributed by atoms with Gasteiger partial charge in [-0.25, -0.2) is 0 Å². The Hall–Kier alpha value is -1.87. The molecule has 0 radical (unpaired) electrons. The molecule has 0 aliphatic heterocycles. The predicted octanol–water partition coefficient (Wildman–Crippen LogP) is 3.23. The Kier molecular flexibility index (Phi) is 5.76. The van der Waals surface area contributed by atoms with Gasteiger partial charge in [-0.2, -0.15) is 0 Å². The lowest BCUT2D eigenvalue weighted by atomic mass is 10.0. The maximum atomic E-state index is 11.9. The number of nitrogens with one attached hydrogen (secondary N) is 2. The van der Waals surface area contributed by atoms with Gasteiger partial charge in [0.1, 0.15) is 0 Å². The molecule has 2 rings (SSSR count). The van der Waals surface area contributed by atoms with E-state index in [1.54, 1.807) is 0 Å². The molecule has 0 spiro atoms. The van der Waals surface area contributed by atoms with E-state index in [0.717, 1.165) is 12.8 Å². The maximum Gasteiger partial charge on any atom is 0.234 e. The van der Waals surface area contributed by atoms with Crippen LogP contribution in [-0.2, 0) is 11.3 Å². The molecule has 0 aliphatic carbocycles. The van der Waals surface area contributed by atoms with Gasteiger partial charge in [0.15, 0.2) is 0 Å². The summed E-state index contributed by atoms with van der Waals surface area (Å²) in [7, 11) is 0. The van der Waals surface area contributed by atoms with Crippen LogP contribution in [0.1, 0.15) is 32.3 Å². The van der Waals surface area contributed by atoms with E-state index >= 15 is 0 Å². The maximum absolute atomic E-state index is 11.9. The molecule has 1 amide bonds. The van der Waals surface area contributed by atoms with Crippen molar-refractivity contribution in [3.05, 3.63) is 48.0 Å². The average Bonchev–Trinajstić information content (AvgIpc) is 2.53. The van der Waals surface area contributed by atoms with Crippen molar-refractivity contribution in [2.75, 3.05) is 6.54 Å². The summed E-state index contributed by atoms with van der Waals surface area (Å²) in [6.45, 7) is 5.26. The van der Waals surface area contributed by atoms with Crippen molar-refractivity contribution in [1.82, 2.24) is 10.6 Å². The van der Waals surface area contributed by atoms with E-state index in [1.165, 1.54) is 16.3 Å². The zero-order valence-electron chi connectivity index (χ0n) is 12.9. The van der Waals surface area contributed by atoms with Crippen LogP contribution in [0.3, 0.4) is 0 Å². The lowest BCUT2D eigenvalue weighted by Gasteiger charge is -2.15. The summed E-state index contributed by atoms with van der Waals surface area (Å²) in [6, 6.07) is 14.9. The van der Waals surface area contributed by atoms with E-state index in [9.17, 15) is 4.79 Å². The first kappa shape index (κ1) is 15.5. The van der Waals surface area contributed by atoms with Crippen LogP contribution in [0.5, 0.6) is 0 Å². The van der Waals surface area contributed by atoms with Crippen LogP contribution in [0, 0.1) is 0 Å². The Labute approximate surface area is 126 Å². The van der Waals surface area contributed by atoms with Crippen LogP contribution in [0.4, 0.5) is 0 Å². The fourth-order valence-corrected chi connectivity index (χ4v) is 2.53. The van der Waals surface area contributed by atoms with E-state index in [0.29, 0.717) is 13.1 Å². The van der Waals surface area contributed by atoms with Crippen molar-refractivity contribution in [2.45, 2.75) is 39.3 Å². The fraction of sp³-hybridized carbons (Fsp3) is 0.389. The van der Waals surface area contributed by atoms with Gasteiger partial charge in [0.05, 0.1) is 6.54 Å². The van der Waals surface area contributed by atoms with Crippen LogP contribution in [0.25, 0.3) is 10.8 Å². The molecule has 3 heteroatoms. The van der Waals surface area contributed by atoms with Gasteiger partial charge in [-0.3, -0.25) is 4.79 Å². The van der Waals surface area contributed by atoms with Gasteiger partial charge < -0.3 is 10.6 Å². The minimum absolute atomic E-state index is 0.0731. The van der Waals surface area contributed by atoms with Crippen molar-refractivity contribution in [1.29, 1.82) is 0 Å². The highest BCUT2D eigenvalue weighted by Gasteiger charge is 2.08. The molecule has 0 bridgehead atoms. The lowest BCUT2D eigenvalue weighted by molar-refractivity contribution is -0.121. The van der Waals surface area contributed by atoms with Crippen LogP contribution in [-0.4, -0.2) is 18.5 Å². The molecule has 0 saturated carbocycles. The molecule has 0 atom stereocenters. The normalized spacial score (nSPS) is 11.0. The highest BCUT2D eigenvalue weighted by atomic mass is 16.1. The molecule has 2 N–H and O–H groups in total. The first-order chi connectivity index (χ1) is 10.2. The number of benzene rings is 2. The molecular formula is C18H24N2O. The third-order valence-electron chi connectivity index (χ3n) is 3.83. The molecule has 0 aromatic heterocycles. The summed E-state index contributed by atoms with van der Waals surface area (Å²) in [5, 5.41) is 8.75. The van der Waals surface area contributed by atoms with Crippen LogP contribution in [0.15, 0.2) is 42.5 Å². The highest BCUT2D eigenvalue weighted by Crippen LogP contribution is 2.17. The van der Waals surface area contributed by atoms with Crippen molar-refractivity contribution < 1.29 is 4.79 Å².